The lowest BCUT2D eigenvalue weighted by molar-refractivity contribution is 0.0981. The van der Waals surface area contributed by atoms with Crippen molar-refractivity contribution in [2.24, 2.45) is 0 Å². The van der Waals surface area contributed by atoms with Gasteiger partial charge in [-0.15, -0.1) is 0 Å². The van der Waals surface area contributed by atoms with Gasteiger partial charge in [-0.1, -0.05) is 12.1 Å². The molecule has 0 saturated carbocycles. The van der Waals surface area contributed by atoms with Gasteiger partial charge < -0.3 is 25.4 Å². The van der Waals surface area contributed by atoms with Crippen LogP contribution in [-0.2, 0) is 16.4 Å². The molecular formula is C30H38N10O2S. The van der Waals surface area contributed by atoms with E-state index in [9.17, 15) is 8.42 Å². The van der Waals surface area contributed by atoms with E-state index >= 15 is 0 Å². The average molecular weight is 603 g/mol. The first-order valence-electron chi connectivity index (χ1n) is 14.9. The largest absolute Gasteiger partial charge is 0.357 e. The Morgan fingerprint density at radius 2 is 1.74 bits per heavy atom. The van der Waals surface area contributed by atoms with Gasteiger partial charge in [-0.2, -0.15) is 9.97 Å². The first-order chi connectivity index (χ1) is 20.8. The summed E-state index contributed by atoms with van der Waals surface area (Å²) in [4.78, 5) is 24.8. The predicted molar refractivity (Wildman–Crippen MR) is 171 cm³/mol. The summed E-state index contributed by atoms with van der Waals surface area (Å²) in [6, 6.07) is 12.4. The molecule has 7 rings (SSSR count). The highest BCUT2D eigenvalue weighted by molar-refractivity contribution is 7.92. The highest BCUT2D eigenvalue weighted by atomic mass is 32.2. The van der Waals surface area contributed by atoms with E-state index in [2.05, 4.69) is 48.4 Å². The lowest BCUT2D eigenvalue weighted by atomic mass is 10.0. The van der Waals surface area contributed by atoms with Crippen LogP contribution in [0.2, 0.25) is 0 Å². The summed E-state index contributed by atoms with van der Waals surface area (Å²) in [6.07, 6.45) is 7.88. The standard InChI is InChI=1S/C30H38N10O2S/c1-37-16-18-38(19-17-37)23-10-13-39(14-11-23)26-7-6-22(20-32-26)33-30-35-28-24(8-12-31-28)29(36-30)34-25-5-3-4-21-9-15-40(27(21)25)43(2,41)42/h3-8,12,20,23H,9-11,13-19H2,1-2H3,(H3,31,33,34,35,36). The van der Waals surface area contributed by atoms with Gasteiger partial charge in [0.2, 0.25) is 16.0 Å². The van der Waals surface area contributed by atoms with Gasteiger partial charge in [0.05, 0.1) is 34.9 Å². The Morgan fingerprint density at radius 1 is 0.930 bits per heavy atom. The lowest BCUT2D eigenvalue weighted by Crippen LogP contribution is -2.52. The van der Waals surface area contributed by atoms with Crippen molar-refractivity contribution in [2.75, 3.05) is 79.0 Å². The molecule has 4 aromatic rings. The molecular weight excluding hydrogens is 564 g/mol. The first kappa shape index (κ1) is 27.9. The Hall–Kier alpha value is -3.94. The van der Waals surface area contributed by atoms with Crippen molar-refractivity contribution >= 4 is 55.7 Å². The maximum absolute atomic E-state index is 12.5. The molecule has 13 heteroatoms. The molecule has 2 fully saturated rings. The molecule has 12 nitrogen and oxygen atoms in total. The number of anilines is 6. The fourth-order valence-corrected chi connectivity index (χ4v) is 7.47. The van der Waals surface area contributed by atoms with Gasteiger partial charge in [-0.3, -0.25) is 9.21 Å². The Morgan fingerprint density at radius 3 is 2.49 bits per heavy atom. The van der Waals surface area contributed by atoms with Crippen molar-refractivity contribution in [3.8, 4) is 0 Å². The smallest absolute Gasteiger partial charge is 0.232 e. The normalized spacial score (nSPS) is 18.7. The quantitative estimate of drug-likeness (QED) is 0.290. The highest BCUT2D eigenvalue weighted by Crippen LogP contribution is 2.39. The Labute approximate surface area is 252 Å². The number of hydrogen-bond acceptors (Lipinski definition) is 10. The number of H-pyrrole nitrogens is 1. The zero-order chi connectivity index (χ0) is 29.6. The minimum Gasteiger partial charge on any atom is -0.357 e. The van der Waals surface area contributed by atoms with Gasteiger partial charge in [0.25, 0.3) is 0 Å². The van der Waals surface area contributed by atoms with Crippen molar-refractivity contribution in [3.63, 3.8) is 0 Å². The van der Waals surface area contributed by atoms with Crippen LogP contribution in [0.25, 0.3) is 11.0 Å². The topological polar surface area (TPSA) is 126 Å². The van der Waals surface area contributed by atoms with E-state index in [0.717, 1.165) is 61.5 Å². The summed E-state index contributed by atoms with van der Waals surface area (Å²) >= 11 is 0. The highest BCUT2D eigenvalue weighted by Gasteiger charge is 2.30. The van der Waals surface area contributed by atoms with Crippen LogP contribution in [0.4, 0.5) is 34.6 Å². The predicted octanol–water partition coefficient (Wildman–Crippen LogP) is 3.38. The van der Waals surface area contributed by atoms with E-state index in [1.165, 1.54) is 23.7 Å². The van der Waals surface area contributed by atoms with Gasteiger partial charge in [-0.25, -0.2) is 13.4 Å². The number of aromatic amines is 1. The van der Waals surface area contributed by atoms with Crippen LogP contribution in [0, 0.1) is 0 Å². The number of para-hydroxylation sites is 1. The third kappa shape index (κ3) is 5.71. The van der Waals surface area contributed by atoms with E-state index < -0.39 is 10.0 Å². The van der Waals surface area contributed by atoms with E-state index in [4.69, 9.17) is 9.97 Å². The number of fused-ring (bicyclic) bond motifs is 2. The Balaban J connectivity index is 1.06. The lowest BCUT2D eigenvalue weighted by Gasteiger charge is -2.42. The molecule has 6 heterocycles. The zero-order valence-electron chi connectivity index (χ0n) is 24.6. The maximum atomic E-state index is 12.5. The van der Waals surface area contributed by atoms with Crippen molar-refractivity contribution in [3.05, 3.63) is 54.4 Å². The number of pyridine rings is 1. The van der Waals surface area contributed by atoms with Crippen molar-refractivity contribution in [1.29, 1.82) is 0 Å². The number of benzene rings is 1. The summed E-state index contributed by atoms with van der Waals surface area (Å²) in [5, 5.41) is 7.50. The zero-order valence-corrected chi connectivity index (χ0v) is 25.4. The molecule has 3 N–H and O–H groups in total. The molecule has 3 aromatic heterocycles. The maximum Gasteiger partial charge on any atom is 0.232 e. The fraction of sp³-hybridized carbons (Fsp3) is 0.433. The minimum absolute atomic E-state index is 0.410. The number of nitrogens with zero attached hydrogens (tertiary/aromatic N) is 7. The SMILES string of the molecule is CN1CCN(C2CCN(c3ccc(Nc4nc(Nc5cccc6c5N(S(C)(=O)=O)CC6)c5cc[nH]c5n4)cn3)CC2)CC1. The number of hydrogen-bond donors (Lipinski definition) is 3. The average Bonchev–Trinajstić information content (AvgIpc) is 3.67. The number of rotatable bonds is 7. The van der Waals surface area contributed by atoms with Crippen LogP contribution in [0.5, 0.6) is 0 Å². The van der Waals surface area contributed by atoms with E-state index in [-0.39, 0.29) is 0 Å². The fourth-order valence-electron chi connectivity index (χ4n) is 6.50. The number of piperazine rings is 1. The van der Waals surface area contributed by atoms with Crippen LogP contribution in [0.1, 0.15) is 18.4 Å². The minimum atomic E-state index is -3.41. The molecule has 0 bridgehead atoms. The second kappa shape index (κ2) is 11.3. The number of sulfonamides is 1. The number of aromatic nitrogens is 4. The first-order valence-corrected chi connectivity index (χ1v) is 16.8. The van der Waals surface area contributed by atoms with Gasteiger partial charge in [0.15, 0.2) is 0 Å². The molecule has 0 spiro atoms. The number of piperidine rings is 1. The molecule has 43 heavy (non-hydrogen) atoms. The van der Waals surface area contributed by atoms with E-state index in [0.29, 0.717) is 47.8 Å². The molecule has 0 atom stereocenters. The third-order valence-electron chi connectivity index (χ3n) is 8.87. The summed E-state index contributed by atoms with van der Waals surface area (Å²) < 4.78 is 26.4. The number of nitrogens with one attached hydrogen (secondary N) is 3. The molecule has 0 unspecified atom stereocenters. The molecule has 3 aliphatic heterocycles. The van der Waals surface area contributed by atoms with Crippen LogP contribution < -0.4 is 19.8 Å². The summed E-state index contributed by atoms with van der Waals surface area (Å²) in [7, 11) is -1.20. The van der Waals surface area contributed by atoms with Gasteiger partial charge in [-0.05, 0) is 56.1 Å². The summed E-state index contributed by atoms with van der Waals surface area (Å²) in [5.74, 6) is 1.97. The van der Waals surface area contributed by atoms with Crippen molar-refractivity contribution < 1.29 is 8.42 Å². The van der Waals surface area contributed by atoms with Crippen LogP contribution in [-0.4, -0.2) is 103 Å². The summed E-state index contributed by atoms with van der Waals surface area (Å²) in [5.41, 5.74) is 3.81. The molecule has 0 radical (unpaired) electrons. The Bertz CT molecular complexity index is 1710. The third-order valence-corrected chi connectivity index (χ3v) is 10.0. The van der Waals surface area contributed by atoms with Gasteiger partial charge in [0, 0.05) is 58.1 Å². The van der Waals surface area contributed by atoms with Gasteiger partial charge >= 0.3 is 0 Å². The molecule has 3 aliphatic rings. The number of likely N-dealkylation sites (N-methyl/N-ethyl adjacent to an activating group) is 1. The Kier molecular flexibility index (Phi) is 7.31. The van der Waals surface area contributed by atoms with Crippen molar-refractivity contribution in [1.82, 2.24) is 29.7 Å². The van der Waals surface area contributed by atoms with Crippen LogP contribution >= 0.6 is 0 Å². The monoisotopic (exact) mass is 602 g/mol. The van der Waals surface area contributed by atoms with Crippen LogP contribution in [0.3, 0.4) is 0 Å². The van der Waals surface area contributed by atoms with E-state index in [1.807, 2.05) is 42.7 Å². The molecule has 1 aromatic carbocycles. The van der Waals surface area contributed by atoms with E-state index in [1.54, 1.807) is 0 Å². The molecule has 0 amide bonds. The van der Waals surface area contributed by atoms with Gasteiger partial charge in [0.1, 0.15) is 17.3 Å². The van der Waals surface area contributed by atoms with Crippen LogP contribution in [0.15, 0.2) is 48.8 Å². The second-order valence-electron chi connectivity index (χ2n) is 11.7. The molecule has 226 valence electrons. The second-order valence-corrected chi connectivity index (χ2v) is 13.7. The summed E-state index contributed by atoms with van der Waals surface area (Å²) in [6.45, 7) is 7.10. The molecule has 0 aliphatic carbocycles. The van der Waals surface area contributed by atoms with Crippen molar-refractivity contribution in [2.45, 2.75) is 25.3 Å². The molecule has 2 saturated heterocycles.